The van der Waals surface area contributed by atoms with Crippen molar-refractivity contribution in [1.29, 1.82) is 0 Å². The molecule has 0 unspecified atom stereocenters. The maximum atomic E-state index is 5.91. The minimum absolute atomic E-state index is 0.349. The van der Waals surface area contributed by atoms with Crippen LogP contribution in [-0.2, 0) is 12.8 Å². The number of aromatic nitrogens is 1. The Morgan fingerprint density at radius 1 is 1.15 bits per heavy atom. The van der Waals surface area contributed by atoms with Crippen LogP contribution in [0.3, 0.4) is 0 Å². The first-order valence-electron chi connectivity index (χ1n) is 7.04. The lowest BCUT2D eigenvalue weighted by Gasteiger charge is -2.25. The fraction of sp³-hybridized carbons (Fsp3) is 0.438. The molecule has 4 heteroatoms. The van der Waals surface area contributed by atoms with Gasteiger partial charge in [0.1, 0.15) is 5.75 Å². The van der Waals surface area contributed by atoms with Crippen molar-refractivity contribution in [2.45, 2.75) is 39.5 Å². The Morgan fingerprint density at radius 3 is 2.35 bits per heavy atom. The summed E-state index contributed by atoms with van der Waals surface area (Å²) in [7, 11) is 1.71. The van der Waals surface area contributed by atoms with Crippen LogP contribution < -0.4 is 10.5 Å². The highest BCUT2D eigenvalue weighted by molar-refractivity contribution is 5.83. The third-order valence-electron chi connectivity index (χ3n) is 4.39. The van der Waals surface area contributed by atoms with Gasteiger partial charge >= 0.3 is 0 Å². The first kappa shape index (κ1) is 13.0. The van der Waals surface area contributed by atoms with Gasteiger partial charge in [0.2, 0.25) is 5.88 Å². The van der Waals surface area contributed by atoms with E-state index in [1.807, 2.05) is 0 Å². The van der Waals surface area contributed by atoms with Crippen LogP contribution in [0.2, 0.25) is 0 Å². The lowest BCUT2D eigenvalue weighted by atomic mass is 9.82. The standard InChI is InChI=1S/C16H20N2O2/c1-9-11-6-4-5-7-12(11)10(2)15(19-3)14(9)13-8-18-20-16(13)17/h8H,4-7,17H2,1-3H3. The number of nitrogens with zero attached hydrogens (tertiary/aromatic N) is 1. The highest BCUT2D eigenvalue weighted by Gasteiger charge is 2.24. The van der Waals surface area contributed by atoms with Gasteiger partial charge in [0.05, 0.1) is 18.9 Å². The van der Waals surface area contributed by atoms with Gasteiger partial charge < -0.3 is 15.0 Å². The number of fused-ring (bicyclic) bond motifs is 1. The van der Waals surface area contributed by atoms with Crippen molar-refractivity contribution in [1.82, 2.24) is 5.16 Å². The first-order valence-corrected chi connectivity index (χ1v) is 7.04. The molecule has 0 bridgehead atoms. The van der Waals surface area contributed by atoms with E-state index in [0.717, 1.165) is 29.7 Å². The highest BCUT2D eigenvalue weighted by Crippen LogP contribution is 2.44. The number of methoxy groups -OCH3 is 1. The minimum atomic E-state index is 0.349. The van der Waals surface area contributed by atoms with E-state index < -0.39 is 0 Å². The number of nitrogen functional groups attached to an aromatic ring is 1. The zero-order valence-corrected chi connectivity index (χ0v) is 12.2. The molecule has 2 N–H and O–H groups in total. The maximum absolute atomic E-state index is 5.91. The summed E-state index contributed by atoms with van der Waals surface area (Å²) in [5.41, 5.74) is 13.1. The van der Waals surface area contributed by atoms with Crippen molar-refractivity contribution >= 4 is 5.88 Å². The van der Waals surface area contributed by atoms with Gasteiger partial charge in [-0.25, -0.2) is 0 Å². The molecule has 0 atom stereocenters. The Hall–Kier alpha value is -1.97. The lowest BCUT2D eigenvalue weighted by Crippen LogP contribution is -2.10. The molecule has 0 saturated carbocycles. The quantitative estimate of drug-likeness (QED) is 0.909. The van der Waals surface area contributed by atoms with Crippen molar-refractivity contribution in [3.63, 3.8) is 0 Å². The van der Waals surface area contributed by atoms with Crippen LogP contribution in [0.25, 0.3) is 11.1 Å². The largest absolute Gasteiger partial charge is 0.496 e. The molecule has 0 amide bonds. The van der Waals surface area contributed by atoms with Crippen LogP contribution in [0, 0.1) is 13.8 Å². The van der Waals surface area contributed by atoms with Crippen LogP contribution in [0.15, 0.2) is 10.7 Å². The molecule has 1 aliphatic rings. The zero-order valence-electron chi connectivity index (χ0n) is 12.2. The summed E-state index contributed by atoms with van der Waals surface area (Å²) in [6.07, 6.45) is 6.44. The average molecular weight is 272 g/mol. The second kappa shape index (κ2) is 4.85. The Balaban J connectivity index is 2.34. The fourth-order valence-electron chi connectivity index (χ4n) is 3.39. The van der Waals surface area contributed by atoms with Gasteiger partial charge in [-0.3, -0.25) is 0 Å². The molecule has 0 saturated heterocycles. The normalized spacial score (nSPS) is 14.2. The molecule has 1 aliphatic carbocycles. The van der Waals surface area contributed by atoms with Gasteiger partial charge in [0.15, 0.2) is 0 Å². The summed E-state index contributed by atoms with van der Waals surface area (Å²) < 4.78 is 10.7. The molecule has 0 fully saturated rings. The molecule has 1 aromatic carbocycles. The molecule has 0 aliphatic heterocycles. The Labute approximate surface area is 118 Å². The van der Waals surface area contributed by atoms with E-state index in [0.29, 0.717) is 5.88 Å². The topological polar surface area (TPSA) is 61.3 Å². The Kier molecular flexibility index (Phi) is 3.16. The smallest absolute Gasteiger partial charge is 0.230 e. The van der Waals surface area contributed by atoms with Gasteiger partial charge in [-0.1, -0.05) is 5.16 Å². The number of ether oxygens (including phenoxy) is 1. The summed E-state index contributed by atoms with van der Waals surface area (Å²) in [6, 6.07) is 0. The second-order valence-corrected chi connectivity index (χ2v) is 5.43. The van der Waals surface area contributed by atoms with E-state index in [-0.39, 0.29) is 0 Å². The van der Waals surface area contributed by atoms with Gasteiger partial charge in [-0.15, -0.1) is 0 Å². The van der Waals surface area contributed by atoms with E-state index in [2.05, 4.69) is 19.0 Å². The molecular formula is C16H20N2O2. The van der Waals surface area contributed by atoms with Crippen molar-refractivity contribution in [3.8, 4) is 16.9 Å². The zero-order chi connectivity index (χ0) is 14.3. The number of hydrogen-bond donors (Lipinski definition) is 1. The number of benzene rings is 1. The molecule has 3 rings (SSSR count). The van der Waals surface area contributed by atoms with Crippen molar-refractivity contribution in [2.24, 2.45) is 0 Å². The van der Waals surface area contributed by atoms with Crippen LogP contribution >= 0.6 is 0 Å². The van der Waals surface area contributed by atoms with E-state index in [1.54, 1.807) is 13.3 Å². The monoisotopic (exact) mass is 272 g/mol. The summed E-state index contributed by atoms with van der Waals surface area (Å²) in [5, 5.41) is 3.80. The Morgan fingerprint density at radius 2 is 1.80 bits per heavy atom. The van der Waals surface area contributed by atoms with Gasteiger partial charge in [0, 0.05) is 5.56 Å². The third-order valence-corrected chi connectivity index (χ3v) is 4.39. The van der Waals surface area contributed by atoms with E-state index in [1.165, 1.54) is 35.1 Å². The molecule has 0 spiro atoms. The first-order chi connectivity index (χ1) is 9.65. The molecular weight excluding hydrogens is 252 g/mol. The molecule has 106 valence electrons. The van der Waals surface area contributed by atoms with Crippen LogP contribution in [-0.4, -0.2) is 12.3 Å². The molecule has 2 aromatic rings. The van der Waals surface area contributed by atoms with Gasteiger partial charge in [-0.05, 0) is 61.8 Å². The molecule has 0 radical (unpaired) electrons. The number of nitrogens with two attached hydrogens (primary N) is 1. The third kappa shape index (κ3) is 1.79. The second-order valence-electron chi connectivity index (χ2n) is 5.43. The van der Waals surface area contributed by atoms with Gasteiger partial charge in [-0.2, -0.15) is 0 Å². The van der Waals surface area contributed by atoms with Crippen molar-refractivity contribution < 1.29 is 9.26 Å². The maximum Gasteiger partial charge on any atom is 0.230 e. The Bertz CT molecular complexity index is 659. The average Bonchev–Trinajstić information content (AvgIpc) is 2.88. The fourth-order valence-corrected chi connectivity index (χ4v) is 3.39. The predicted octanol–water partition coefficient (Wildman–Crippen LogP) is 3.43. The van der Waals surface area contributed by atoms with E-state index >= 15 is 0 Å². The molecule has 1 heterocycles. The number of rotatable bonds is 2. The molecule has 20 heavy (non-hydrogen) atoms. The van der Waals surface area contributed by atoms with Gasteiger partial charge in [0.25, 0.3) is 0 Å². The predicted molar refractivity (Wildman–Crippen MR) is 79.0 cm³/mol. The van der Waals surface area contributed by atoms with Crippen LogP contribution in [0.4, 0.5) is 5.88 Å². The summed E-state index contributed by atoms with van der Waals surface area (Å²) in [4.78, 5) is 0. The molecule has 1 aromatic heterocycles. The minimum Gasteiger partial charge on any atom is -0.496 e. The van der Waals surface area contributed by atoms with Crippen LogP contribution in [0.1, 0.15) is 35.1 Å². The lowest BCUT2D eigenvalue weighted by molar-refractivity contribution is 0.411. The SMILES string of the molecule is COc1c(C)c2c(c(C)c1-c1cnoc1N)CCCC2. The number of hydrogen-bond acceptors (Lipinski definition) is 4. The van der Waals surface area contributed by atoms with E-state index in [4.69, 9.17) is 15.0 Å². The summed E-state index contributed by atoms with van der Waals surface area (Å²) >= 11 is 0. The van der Waals surface area contributed by atoms with Crippen LogP contribution in [0.5, 0.6) is 5.75 Å². The number of anilines is 1. The van der Waals surface area contributed by atoms with Crippen molar-refractivity contribution in [2.75, 3.05) is 12.8 Å². The van der Waals surface area contributed by atoms with Crippen molar-refractivity contribution in [3.05, 3.63) is 28.5 Å². The summed E-state index contributed by atoms with van der Waals surface area (Å²) in [5.74, 6) is 1.25. The summed E-state index contributed by atoms with van der Waals surface area (Å²) in [6.45, 7) is 4.28. The highest BCUT2D eigenvalue weighted by atomic mass is 16.5. The molecule has 4 nitrogen and oxygen atoms in total. The van der Waals surface area contributed by atoms with E-state index in [9.17, 15) is 0 Å².